The van der Waals surface area contributed by atoms with Gasteiger partial charge in [-0.3, -0.25) is 4.79 Å². The standard InChI is InChI=1S/C14H22N2OS/c1-3-11-6-7-15-13(9-11)14(17)16(2)10-12-5-4-8-18-12/h4-5,8,11,13,15H,3,6-7,9-10H2,1-2H3. The molecule has 18 heavy (non-hydrogen) atoms. The average Bonchev–Trinajstić information content (AvgIpc) is 2.90. The van der Waals surface area contributed by atoms with Gasteiger partial charge in [0.25, 0.3) is 0 Å². The van der Waals surface area contributed by atoms with Gasteiger partial charge in [-0.1, -0.05) is 19.4 Å². The first-order chi connectivity index (χ1) is 8.70. The molecule has 2 atom stereocenters. The summed E-state index contributed by atoms with van der Waals surface area (Å²) in [5, 5.41) is 5.41. The first kappa shape index (κ1) is 13.6. The Morgan fingerprint density at radius 2 is 2.44 bits per heavy atom. The van der Waals surface area contributed by atoms with Gasteiger partial charge in [0.15, 0.2) is 0 Å². The van der Waals surface area contributed by atoms with Crippen LogP contribution in [-0.4, -0.2) is 30.4 Å². The molecule has 1 aromatic heterocycles. The molecule has 100 valence electrons. The molecule has 2 unspecified atom stereocenters. The van der Waals surface area contributed by atoms with Gasteiger partial charge in [-0.05, 0) is 36.8 Å². The Morgan fingerprint density at radius 1 is 1.61 bits per heavy atom. The van der Waals surface area contributed by atoms with Crippen LogP contribution in [0.2, 0.25) is 0 Å². The maximum Gasteiger partial charge on any atom is 0.239 e. The van der Waals surface area contributed by atoms with E-state index < -0.39 is 0 Å². The third kappa shape index (κ3) is 3.33. The SMILES string of the molecule is CCC1CCNC(C(=O)N(C)Cc2cccs2)C1. The minimum atomic E-state index is 0.0219. The Kier molecular flexibility index (Phi) is 4.78. The molecular weight excluding hydrogens is 244 g/mol. The molecule has 1 aliphatic heterocycles. The number of carbonyl (C=O) groups excluding carboxylic acids is 1. The van der Waals surface area contributed by atoms with Gasteiger partial charge in [0, 0.05) is 11.9 Å². The van der Waals surface area contributed by atoms with Crippen LogP contribution in [0.1, 0.15) is 31.1 Å². The minimum absolute atomic E-state index is 0.0219. The summed E-state index contributed by atoms with van der Waals surface area (Å²) in [7, 11) is 1.90. The summed E-state index contributed by atoms with van der Waals surface area (Å²) in [6.45, 7) is 3.92. The number of likely N-dealkylation sites (N-methyl/N-ethyl adjacent to an activating group) is 1. The summed E-state index contributed by atoms with van der Waals surface area (Å²) >= 11 is 1.71. The van der Waals surface area contributed by atoms with E-state index in [0.29, 0.717) is 5.92 Å². The number of rotatable bonds is 4. The third-order valence-corrected chi connectivity index (χ3v) is 4.60. The predicted octanol–water partition coefficient (Wildman–Crippen LogP) is 2.48. The van der Waals surface area contributed by atoms with Crippen LogP contribution in [0.4, 0.5) is 0 Å². The lowest BCUT2D eigenvalue weighted by Crippen LogP contribution is -2.48. The fraction of sp³-hybridized carbons (Fsp3) is 0.643. The molecule has 1 fully saturated rings. The second-order valence-corrected chi connectivity index (χ2v) is 6.11. The van der Waals surface area contributed by atoms with Crippen LogP contribution in [0.5, 0.6) is 0 Å². The third-order valence-electron chi connectivity index (χ3n) is 3.74. The van der Waals surface area contributed by atoms with E-state index in [0.717, 1.165) is 19.5 Å². The quantitative estimate of drug-likeness (QED) is 0.908. The van der Waals surface area contributed by atoms with Gasteiger partial charge < -0.3 is 10.2 Å². The molecule has 2 rings (SSSR count). The fourth-order valence-corrected chi connectivity index (χ4v) is 3.29. The topological polar surface area (TPSA) is 32.3 Å². The molecule has 2 heterocycles. The van der Waals surface area contributed by atoms with Crippen molar-refractivity contribution < 1.29 is 4.79 Å². The lowest BCUT2D eigenvalue weighted by atomic mass is 9.90. The summed E-state index contributed by atoms with van der Waals surface area (Å²) in [6.07, 6.45) is 3.37. The highest BCUT2D eigenvalue weighted by atomic mass is 32.1. The number of carbonyl (C=O) groups is 1. The largest absolute Gasteiger partial charge is 0.339 e. The highest BCUT2D eigenvalue weighted by molar-refractivity contribution is 7.09. The molecular formula is C14H22N2OS. The van der Waals surface area contributed by atoms with Crippen molar-refractivity contribution in [3.8, 4) is 0 Å². The minimum Gasteiger partial charge on any atom is -0.339 e. The number of amides is 1. The molecule has 0 saturated carbocycles. The van der Waals surface area contributed by atoms with Crippen LogP contribution in [0.25, 0.3) is 0 Å². The van der Waals surface area contributed by atoms with Crippen molar-refractivity contribution in [2.24, 2.45) is 5.92 Å². The molecule has 4 heteroatoms. The molecule has 0 aromatic carbocycles. The normalized spacial score (nSPS) is 23.9. The Morgan fingerprint density at radius 3 is 3.11 bits per heavy atom. The molecule has 0 radical (unpaired) electrons. The van der Waals surface area contributed by atoms with Crippen molar-refractivity contribution in [1.29, 1.82) is 0 Å². The predicted molar refractivity (Wildman–Crippen MR) is 75.6 cm³/mol. The molecule has 0 aliphatic carbocycles. The maximum absolute atomic E-state index is 12.4. The summed E-state index contributed by atoms with van der Waals surface area (Å²) in [5.74, 6) is 0.942. The van der Waals surface area contributed by atoms with Gasteiger partial charge in [0.2, 0.25) is 5.91 Å². The van der Waals surface area contributed by atoms with Crippen molar-refractivity contribution >= 4 is 17.2 Å². The number of hydrogen-bond donors (Lipinski definition) is 1. The number of nitrogens with zero attached hydrogens (tertiary/aromatic N) is 1. The van der Waals surface area contributed by atoms with E-state index in [1.807, 2.05) is 18.0 Å². The van der Waals surface area contributed by atoms with Gasteiger partial charge in [0.1, 0.15) is 0 Å². The lowest BCUT2D eigenvalue weighted by molar-refractivity contribution is -0.133. The van der Waals surface area contributed by atoms with Crippen LogP contribution in [-0.2, 0) is 11.3 Å². The molecule has 1 amide bonds. The number of nitrogens with one attached hydrogen (secondary N) is 1. The zero-order valence-electron chi connectivity index (χ0n) is 11.2. The summed E-state index contributed by atoms with van der Waals surface area (Å²) < 4.78 is 0. The lowest BCUT2D eigenvalue weighted by Gasteiger charge is -2.31. The van der Waals surface area contributed by atoms with E-state index in [-0.39, 0.29) is 11.9 Å². The van der Waals surface area contributed by atoms with E-state index in [4.69, 9.17) is 0 Å². The van der Waals surface area contributed by atoms with Gasteiger partial charge in [0.05, 0.1) is 12.6 Å². The second kappa shape index (κ2) is 6.34. The Hall–Kier alpha value is -0.870. The van der Waals surface area contributed by atoms with E-state index in [2.05, 4.69) is 23.7 Å². The van der Waals surface area contributed by atoms with Crippen molar-refractivity contribution in [3.05, 3.63) is 22.4 Å². The Labute approximate surface area is 113 Å². The first-order valence-electron chi connectivity index (χ1n) is 6.71. The molecule has 1 saturated heterocycles. The van der Waals surface area contributed by atoms with Gasteiger partial charge in [-0.2, -0.15) is 0 Å². The highest BCUT2D eigenvalue weighted by Gasteiger charge is 2.27. The maximum atomic E-state index is 12.4. The molecule has 3 nitrogen and oxygen atoms in total. The number of hydrogen-bond acceptors (Lipinski definition) is 3. The number of piperidine rings is 1. The monoisotopic (exact) mass is 266 g/mol. The molecule has 0 bridgehead atoms. The van der Waals surface area contributed by atoms with Crippen LogP contribution in [0, 0.1) is 5.92 Å². The first-order valence-corrected chi connectivity index (χ1v) is 7.59. The summed E-state index contributed by atoms with van der Waals surface area (Å²) in [5.41, 5.74) is 0. The molecule has 0 spiro atoms. The van der Waals surface area contributed by atoms with Crippen molar-refractivity contribution in [2.45, 2.75) is 38.8 Å². The molecule has 1 aliphatic rings. The van der Waals surface area contributed by atoms with Gasteiger partial charge in [-0.15, -0.1) is 11.3 Å². The Bertz CT molecular complexity index is 377. The zero-order chi connectivity index (χ0) is 13.0. The molecule has 1 N–H and O–H groups in total. The van der Waals surface area contributed by atoms with Crippen molar-refractivity contribution in [1.82, 2.24) is 10.2 Å². The number of thiophene rings is 1. The summed E-state index contributed by atoms with van der Waals surface area (Å²) in [4.78, 5) is 15.4. The van der Waals surface area contributed by atoms with E-state index in [1.165, 1.54) is 17.7 Å². The van der Waals surface area contributed by atoms with Crippen molar-refractivity contribution in [3.63, 3.8) is 0 Å². The van der Waals surface area contributed by atoms with E-state index in [9.17, 15) is 4.79 Å². The van der Waals surface area contributed by atoms with Gasteiger partial charge in [-0.25, -0.2) is 0 Å². The van der Waals surface area contributed by atoms with E-state index >= 15 is 0 Å². The molecule has 1 aromatic rings. The van der Waals surface area contributed by atoms with Crippen LogP contribution < -0.4 is 5.32 Å². The zero-order valence-corrected chi connectivity index (χ0v) is 12.0. The highest BCUT2D eigenvalue weighted by Crippen LogP contribution is 2.21. The Balaban J connectivity index is 1.89. The summed E-state index contributed by atoms with van der Waals surface area (Å²) in [6, 6.07) is 4.13. The van der Waals surface area contributed by atoms with Crippen LogP contribution in [0.15, 0.2) is 17.5 Å². The van der Waals surface area contributed by atoms with E-state index in [1.54, 1.807) is 11.3 Å². The smallest absolute Gasteiger partial charge is 0.239 e. The van der Waals surface area contributed by atoms with Crippen LogP contribution in [0.3, 0.4) is 0 Å². The van der Waals surface area contributed by atoms with Gasteiger partial charge >= 0.3 is 0 Å². The fourth-order valence-electron chi connectivity index (χ4n) is 2.54. The van der Waals surface area contributed by atoms with Crippen LogP contribution >= 0.6 is 11.3 Å². The average molecular weight is 266 g/mol. The second-order valence-electron chi connectivity index (χ2n) is 5.08. The van der Waals surface area contributed by atoms with Crippen molar-refractivity contribution in [2.75, 3.05) is 13.6 Å².